The molecule has 4 rings (SSSR count). The largest absolute Gasteiger partial charge is 0.432 e. The van der Waals surface area contributed by atoms with Crippen molar-refractivity contribution < 1.29 is 39.9 Å². The minimum atomic E-state index is -4.95. The topological polar surface area (TPSA) is 9.23 Å². The number of hydrogen-bond donors (Lipinski definition) is 0. The van der Waals surface area contributed by atoms with Gasteiger partial charge in [-0.05, 0) is 92.4 Å². The van der Waals surface area contributed by atoms with E-state index in [-0.39, 0.29) is 37.2 Å². The van der Waals surface area contributed by atoms with Gasteiger partial charge in [-0.3, -0.25) is 0 Å². The van der Waals surface area contributed by atoms with Crippen molar-refractivity contribution in [2.75, 3.05) is 0 Å². The second-order valence-electron chi connectivity index (χ2n) is 10.7. The first-order valence-corrected chi connectivity index (χ1v) is 13.3. The molecule has 2 aromatic rings. The lowest BCUT2D eigenvalue weighted by Crippen LogP contribution is -2.37. The Morgan fingerprint density at radius 3 is 1.74 bits per heavy atom. The molecule has 2 aromatic carbocycles. The maximum Gasteiger partial charge on any atom is 0.419 e. The van der Waals surface area contributed by atoms with Crippen LogP contribution in [0.5, 0.6) is 5.75 Å². The molecule has 0 radical (unpaired) electrons. The molecule has 2 aliphatic rings. The van der Waals surface area contributed by atoms with E-state index in [0.717, 1.165) is 38.5 Å². The molecule has 2 aliphatic carbocycles. The maximum absolute atomic E-state index is 15.1. The summed E-state index contributed by atoms with van der Waals surface area (Å²) < 4.78 is 116. The Bertz CT molecular complexity index is 1100. The van der Waals surface area contributed by atoms with Crippen molar-refractivity contribution in [1.82, 2.24) is 0 Å². The normalized spacial score (nSPS) is 24.9. The van der Waals surface area contributed by atoms with Gasteiger partial charge in [-0.15, -0.1) is 0 Å². The van der Waals surface area contributed by atoms with E-state index in [1.54, 1.807) is 12.1 Å². The molecular formula is C29H32F8O. The Morgan fingerprint density at radius 2 is 1.26 bits per heavy atom. The lowest BCUT2D eigenvalue weighted by Gasteiger charge is -2.34. The van der Waals surface area contributed by atoms with Gasteiger partial charge < -0.3 is 4.74 Å². The molecule has 0 bridgehead atoms. The highest BCUT2D eigenvalue weighted by Crippen LogP contribution is 2.45. The summed E-state index contributed by atoms with van der Waals surface area (Å²) in [6.45, 7) is 2.14. The van der Waals surface area contributed by atoms with Gasteiger partial charge >= 0.3 is 12.3 Å². The predicted octanol–water partition coefficient (Wildman–Crippen LogP) is 10.1. The highest BCUT2D eigenvalue weighted by molar-refractivity contribution is 5.32. The second-order valence-corrected chi connectivity index (χ2v) is 10.7. The van der Waals surface area contributed by atoms with E-state index in [0.29, 0.717) is 29.7 Å². The molecule has 0 N–H and O–H groups in total. The van der Waals surface area contributed by atoms with Crippen molar-refractivity contribution >= 4 is 0 Å². The number of hydrogen-bond acceptors (Lipinski definition) is 1. The summed E-state index contributed by atoms with van der Waals surface area (Å²) in [5.41, 5.74) is -1.00. The van der Waals surface area contributed by atoms with Gasteiger partial charge in [0.2, 0.25) is 0 Å². The van der Waals surface area contributed by atoms with Crippen LogP contribution < -0.4 is 4.74 Å². The van der Waals surface area contributed by atoms with Crippen LogP contribution in [0.25, 0.3) is 0 Å². The lowest BCUT2D eigenvalue weighted by atomic mass is 9.75. The third kappa shape index (κ3) is 6.28. The SMILES string of the molecule is CCCC1CCC(c2ccc(C3CCC(C(F)(F)Oc4ccc(C(F)(F)F)c(F)c4)CC3)c(F)c2F)CC1. The molecule has 0 saturated heterocycles. The monoisotopic (exact) mass is 548 g/mol. The first kappa shape index (κ1) is 28.7. The number of halogens is 8. The molecule has 2 fully saturated rings. The van der Waals surface area contributed by atoms with Crippen LogP contribution in [0.2, 0.25) is 0 Å². The molecule has 1 nitrogen and oxygen atoms in total. The van der Waals surface area contributed by atoms with Gasteiger partial charge in [-0.2, -0.15) is 22.0 Å². The highest BCUT2D eigenvalue weighted by Gasteiger charge is 2.45. The first-order valence-electron chi connectivity index (χ1n) is 13.3. The molecule has 9 heteroatoms. The fourth-order valence-electron chi connectivity index (χ4n) is 6.15. The first-order chi connectivity index (χ1) is 17.9. The summed E-state index contributed by atoms with van der Waals surface area (Å²) >= 11 is 0. The zero-order valence-electron chi connectivity index (χ0n) is 21.2. The molecule has 0 amide bonds. The van der Waals surface area contributed by atoms with Crippen molar-refractivity contribution in [3.05, 3.63) is 64.5 Å². The van der Waals surface area contributed by atoms with Gasteiger partial charge in [0.25, 0.3) is 0 Å². The van der Waals surface area contributed by atoms with Crippen LogP contribution in [-0.4, -0.2) is 6.11 Å². The van der Waals surface area contributed by atoms with E-state index in [1.807, 2.05) is 0 Å². The summed E-state index contributed by atoms with van der Waals surface area (Å²) in [4.78, 5) is 0. The quantitative estimate of drug-likeness (QED) is 0.313. The molecule has 0 unspecified atom stereocenters. The Morgan fingerprint density at radius 1 is 0.737 bits per heavy atom. The number of rotatable bonds is 7. The number of ether oxygens (including phenoxy) is 1. The van der Waals surface area contributed by atoms with Gasteiger partial charge in [0.05, 0.1) is 11.5 Å². The molecule has 0 heterocycles. The van der Waals surface area contributed by atoms with E-state index >= 15 is 8.78 Å². The molecular weight excluding hydrogens is 516 g/mol. The van der Waals surface area contributed by atoms with Crippen molar-refractivity contribution in [3.63, 3.8) is 0 Å². The van der Waals surface area contributed by atoms with Gasteiger partial charge in [0.1, 0.15) is 11.6 Å². The predicted molar refractivity (Wildman–Crippen MR) is 128 cm³/mol. The van der Waals surface area contributed by atoms with Crippen LogP contribution >= 0.6 is 0 Å². The van der Waals surface area contributed by atoms with Crippen molar-refractivity contribution in [1.29, 1.82) is 0 Å². The number of benzene rings is 2. The van der Waals surface area contributed by atoms with E-state index in [2.05, 4.69) is 11.7 Å². The zero-order chi connectivity index (χ0) is 27.7. The minimum absolute atomic E-state index is 0.0201. The molecule has 210 valence electrons. The molecule has 0 atom stereocenters. The maximum atomic E-state index is 15.1. The van der Waals surface area contributed by atoms with Gasteiger partial charge in [-0.25, -0.2) is 13.2 Å². The van der Waals surface area contributed by atoms with Gasteiger partial charge in [0, 0.05) is 6.07 Å². The van der Waals surface area contributed by atoms with Crippen molar-refractivity contribution in [2.45, 2.75) is 95.3 Å². The van der Waals surface area contributed by atoms with E-state index in [9.17, 15) is 26.3 Å². The molecule has 2 saturated carbocycles. The van der Waals surface area contributed by atoms with Crippen LogP contribution in [0, 0.1) is 29.3 Å². The van der Waals surface area contributed by atoms with Crippen LogP contribution in [-0.2, 0) is 6.18 Å². The Labute approximate surface area is 217 Å². The van der Waals surface area contributed by atoms with E-state index in [4.69, 9.17) is 0 Å². The summed E-state index contributed by atoms with van der Waals surface area (Å²) in [5, 5.41) is 0. The molecule has 0 aliphatic heterocycles. The van der Waals surface area contributed by atoms with Crippen LogP contribution in [0.4, 0.5) is 35.1 Å². The van der Waals surface area contributed by atoms with Gasteiger partial charge in [-0.1, -0.05) is 31.9 Å². The standard InChI is InChI=1S/C29H32F8O/c1-2-3-17-4-6-18(7-5-17)22-13-14-23(27(32)26(22)31)19-8-10-20(11-9-19)29(36,37)38-21-12-15-24(25(30)16-21)28(33,34)35/h12-20H,2-11H2,1H3. The fourth-order valence-corrected chi connectivity index (χ4v) is 6.15. The van der Waals surface area contributed by atoms with Crippen LogP contribution in [0.1, 0.15) is 99.7 Å². The van der Waals surface area contributed by atoms with Crippen molar-refractivity contribution in [2.24, 2.45) is 11.8 Å². The van der Waals surface area contributed by atoms with E-state index < -0.39 is 52.9 Å². The Balaban J connectivity index is 1.38. The van der Waals surface area contributed by atoms with E-state index in [1.165, 1.54) is 0 Å². The second kappa shape index (κ2) is 11.4. The van der Waals surface area contributed by atoms with Gasteiger partial charge in [0.15, 0.2) is 11.6 Å². The fraction of sp³-hybridized carbons (Fsp3) is 0.586. The lowest BCUT2D eigenvalue weighted by molar-refractivity contribution is -0.222. The Hall–Kier alpha value is -2.32. The van der Waals surface area contributed by atoms with Crippen LogP contribution in [0.15, 0.2) is 30.3 Å². The summed E-state index contributed by atoms with van der Waals surface area (Å²) in [7, 11) is 0. The molecule has 0 aromatic heterocycles. The molecule has 0 spiro atoms. The Kier molecular flexibility index (Phi) is 8.62. The summed E-state index contributed by atoms with van der Waals surface area (Å²) in [6.07, 6.45) is -2.60. The number of alkyl halides is 5. The summed E-state index contributed by atoms with van der Waals surface area (Å²) in [6, 6.07) is 4.52. The highest BCUT2D eigenvalue weighted by atomic mass is 19.4. The average molecular weight is 549 g/mol. The van der Waals surface area contributed by atoms with Crippen molar-refractivity contribution in [3.8, 4) is 5.75 Å². The molecule has 38 heavy (non-hydrogen) atoms. The zero-order valence-corrected chi connectivity index (χ0v) is 21.2. The smallest absolute Gasteiger partial charge is 0.419 e. The summed E-state index contributed by atoms with van der Waals surface area (Å²) in [5.74, 6) is -5.29. The third-order valence-corrected chi connectivity index (χ3v) is 8.27. The van der Waals surface area contributed by atoms with Crippen LogP contribution in [0.3, 0.4) is 0 Å². The third-order valence-electron chi connectivity index (χ3n) is 8.27. The average Bonchev–Trinajstić information content (AvgIpc) is 2.86. The minimum Gasteiger partial charge on any atom is -0.432 e.